The fourth-order valence-corrected chi connectivity index (χ4v) is 6.56. The summed E-state index contributed by atoms with van der Waals surface area (Å²) in [5.74, 6) is -0.104. The van der Waals surface area contributed by atoms with E-state index in [0.717, 1.165) is 30.4 Å². The highest BCUT2D eigenvalue weighted by Gasteiger charge is 2.50. The van der Waals surface area contributed by atoms with Gasteiger partial charge < -0.3 is 9.80 Å². The second-order valence-corrected chi connectivity index (χ2v) is 10.3. The van der Waals surface area contributed by atoms with Crippen LogP contribution in [-0.4, -0.2) is 66.7 Å². The quantitative estimate of drug-likeness (QED) is 0.768. The molecule has 7 heteroatoms. The number of nitrogens with zero attached hydrogens (tertiary/aromatic N) is 2. The highest BCUT2D eigenvalue weighted by Crippen LogP contribution is 2.34. The first-order valence-electron chi connectivity index (χ1n) is 9.66. The molecule has 0 radical (unpaired) electrons. The third-order valence-corrected chi connectivity index (χ3v) is 7.99. The standard InChI is InChI=1S/C20H26N2O4S/c1-13-6-7-16(14(2)10-13)20(24)22-9-8-21(19(23)15-4-3-5-15)17-11-27(25,26)12-18(17)22/h6-7,10,15,17-18H,3-5,8-9,11-12H2,1-2H3/t17-,18+/m1/s1. The highest BCUT2D eigenvalue weighted by atomic mass is 32.2. The van der Waals surface area contributed by atoms with Crippen molar-refractivity contribution in [3.63, 3.8) is 0 Å². The van der Waals surface area contributed by atoms with Crippen molar-refractivity contribution in [2.24, 2.45) is 5.92 Å². The van der Waals surface area contributed by atoms with E-state index in [4.69, 9.17) is 0 Å². The van der Waals surface area contributed by atoms with Crippen molar-refractivity contribution in [2.45, 2.75) is 45.2 Å². The Morgan fingerprint density at radius 3 is 2.22 bits per heavy atom. The lowest BCUT2D eigenvalue weighted by atomic mass is 9.83. The van der Waals surface area contributed by atoms with Gasteiger partial charge in [-0.15, -0.1) is 0 Å². The fraction of sp³-hybridized carbons (Fsp3) is 0.600. The topological polar surface area (TPSA) is 74.8 Å². The molecule has 4 rings (SSSR count). The molecule has 0 aromatic heterocycles. The molecule has 146 valence electrons. The van der Waals surface area contributed by atoms with E-state index in [2.05, 4.69) is 0 Å². The van der Waals surface area contributed by atoms with Crippen LogP contribution >= 0.6 is 0 Å². The molecule has 2 amide bonds. The number of carbonyl (C=O) groups excluding carboxylic acids is 2. The van der Waals surface area contributed by atoms with E-state index >= 15 is 0 Å². The number of rotatable bonds is 2. The van der Waals surface area contributed by atoms with Gasteiger partial charge in [0.2, 0.25) is 5.91 Å². The molecule has 27 heavy (non-hydrogen) atoms. The summed E-state index contributed by atoms with van der Waals surface area (Å²) in [6.07, 6.45) is 2.85. The summed E-state index contributed by atoms with van der Waals surface area (Å²) in [5, 5.41) is 0. The Morgan fingerprint density at radius 1 is 1.00 bits per heavy atom. The van der Waals surface area contributed by atoms with Crippen LogP contribution in [0.2, 0.25) is 0 Å². The Bertz CT molecular complexity index is 891. The SMILES string of the molecule is Cc1ccc(C(=O)N2CCN(C(=O)C3CCC3)[C@@H]3CS(=O)(=O)C[C@@H]32)c(C)c1. The number of sulfone groups is 1. The van der Waals surface area contributed by atoms with Crippen LogP contribution in [-0.2, 0) is 14.6 Å². The second kappa shape index (κ2) is 6.62. The van der Waals surface area contributed by atoms with E-state index in [1.54, 1.807) is 9.80 Å². The van der Waals surface area contributed by atoms with E-state index in [9.17, 15) is 18.0 Å². The molecule has 3 aliphatic rings. The zero-order chi connectivity index (χ0) is 19.3. The second-order valence-electron chi connectivity index (χ2n) is 8.19. The Balaban J connectivity index is 1.62. The van der Waals surface area contributed by atoms with E-state index in [1.165, 1.54) is 0 Å². The minimum absolute atomic E-state index is 0.0349. The zero-order valence-corrected chi connectivity index (χ0v) is 16.7. The summed E-state index contributed by atoms with van der Waals surface area (Å²) in [6, 6.07) is 4.83. The molecule has 2 heterocycles. The number of benzene rings is 1. The Hall–Kier alpha value is -1.89. The summed E-state index contributed by atoms with van der Waals surface area (Å²) in [7, 11) is -3.26. The molecule has 2 atom stereocenters. The summed E-state index contributed by atoms with van der Waals surface area (Å²) in [5.41, 5.74) is 2.59. The first-order chi connectivity index (χ1) is 12.8. The minimum atomic E-state index is -3.26. The lowest BCUT2D eigenvalue weighted by Crippen LogP contribution is -2.63. The third-order valence-electron chi connectivity index (χ3n) is 6.29. The van der Waals surface area contributed by atoms with Crippen LogP contribution in [0.1, 0.15) is 40.7 Å². The number of piperazine rings is 1. The van der Waals surface area contributed by atoms with Crippen LogP contribution in [0.25, 0.3) is 0 Å². The number of hydrogen-bond acceptors (Lipinski definition) is 4. The molecular weight excluding hydrogens is 364 g/mol. The van der Waals surface area contributed by atoms with Crippen LogP contribution in [0, 0.1) is 19.8 Å². The van der Waals surface area contributed by atoms with Gasteiger partial charge in [-0.25, -0.2) is 8.42 Å². The fourth-order valence-electron chi connectivity index (χ4n) is 4.58. The molecule has 1 saturated carbocycles. The van der Waals surface area contributed by atoms with Gasteiger partial charge in [0.25, 0.3) is 5.91 Å². The summed E-state index contributed by atoms with van der Waals surface area (Å²) in [6.45, 7) is 4.69. The molecule has 0 unspecified atom stereocenters. The molecule has 6 nitrogen and oxygen atoms in total. The maximum absolute atomic E-state index is 13.2. The van der Waals surface area contributed by atoms with Gasteiger partial charge in [0.05, 0.1) is 23.6 Å². The number of fused-ring (bicyclic) bond motifs is 1. The van der Waals surface area contributed by atoms with Gasteiger partial charge in [-0.1, -0.05) is 24.1 Å². The van der Waals surface area contributed by atoms with E-state index in [1.807, 2.05) is 32.0 Å². The van der Waals surface area contributed by atoms with Gasteiger partial charge in [0.1, 0.15) is 0 Å². The predicted octanol–water partition coefficient (Wildman–Crippen LogP) is 1.55. The van der Waals surface area contributed by atoms with Gasteiger partial charge >= 0.3 is 0 Å². The number of hydrogen-bond donors (Lipinski definition) is 0. The third kappa shape index (κ3) is 3.26. The van der Waals surface area contributed by atoms with E-state index in [-0.39, 0.29) is 29.2 Å². The molecule has 0 spiro atoms. The largest absolute Gasteiger partial charge is 0.335 e. The van der Waals surface area contributed by atoms with Crippen molar-refractivity contribution in [2.75, 3.05) is 24.6 Å². The lowest BCUT2D eigenvalue weighted by Gasteiger charge is -2.45. The van der Waals surface area contributed by atoms with Crippen molar-refractivity contribution in [3.05, 3.63) is 34.9 Å². The first kappa shape index (κ1) is 18.5. The maximum atomic E-state index is 13.2. The Kier molecular flexibility index (Phi) is 4.53. The average molecular weight is 391 g/mol. The zero-order valence-electron chi connectivity index (χ0n) is 15.8. The normalized spacial score (nSPS) is 27.2. The number of carbonyl (C=O) groups is 2. The van der Waals surface area contributed by atoms with Crippen molar-refractivity contribution in [3.8, 4) is 0 Å². The van der Waals surface area contributed by atoms with Crippen LogP contribution in [0.5, 0.6) is 0 Å². The molecule has 2 saturated heterocycles. The molecule has 3 fully saturated rings. The average Bonchev–Trinajstić information content (AvgIpc) is 2.86. The summed E-state index contributed by atoms with van der Waals surface area (Å²) < 4.78 is 24.7. The van der Waals surface area contributed by atoms with Crippen molar-refractivity contribution in [1.29, 1.82) is 0 Å². The van der Waals surface area contributed by atoms with Gasteiger partial charge in [-0.3, -0.25) is 9.59 Å². The molecule has 1 aromatic rings. The number of aryl methyl sites for hydroxylation is 2. The van der Waals surface area contributed by atoms with E-state index in [0.29, 0.717) is 18.7 Å². The smallest absolute Gasteiger partial charge is 0.254 e. The minimum Gasteiger partial charge on any atom is -0.335 e. The van der Waals surface area contributed by atoms with Crippen molar-refractivity contribution < 1.29 is 18.0 Å². The monoisotopic (exact) mass is 390 g/mol. The summed E-state index contributed by atoms with van der Waals surface area (Å²) >= 11 is 0. The van der Waals surface area contributed by atoms with Crippen LogP contribution in [0.4, 0.5) is 0 Å². The van der Waals surface area contributed by atoms with Gasteiger partial charge in [-0.2, -0.15) is 0 Å². The van der Waals surface area contributed by atoms with Gasteiger partial charge in [0, 0.05) is 24.6 Å². The highest BCUT2D eigenvalue weighted by molar-refractivity contribution is 7.91. The predicted molar refractivity (Wildman–Crippen MR) is 102 cm³/mol. The van der Waals surface area contributed by atoms with Crippen molar-refractivity contribution >= 4 is 21.7 Å². The Morgan fingerprint density at radius 2 is 1.63 bits per heavy atom. The molecule has 1 aromatic carbocycles. The molecule has 1 aliphatic carbocycles. The number of amides is 2. The van der Waals surface area contributed by atoms with Crippen LogP contribution < -0.4 is 0 Å². The lowest BCUT2D eigenvalue weighted by molar-refractivity contribution is -0.143. The molecule has 0 bridgehead atoms. The molecule has 2 aliphatic heterocycles. The van der Waals surface area contributed by atoms with Gasteiger partial charge in [0.15, 0.2) is 9.84 Å². The van der Waals surface area contributed by atoms with Crippen LogP contribution in [0.15, 0.2) is 18.2 Å². The summed E-state index contributed by atoms with van der Waals surface area (Å²) in [4.78, 5) is 29.4. The van der Waals surface area contributed by atoms with E-state index < -0.39 is 21.9 Å². The molecule has 0 N–H and O–H groups in total. The first-order valence-corrected chi connectivity index (χ1v) is 11.5. The maximum Gasteiger partial charge on any atom is 0.254 e. The Labute approximate surface area is 160 Å². The van der Waals surface area contributed by atoms with Crippen LogP contribution in [0.3, 0.4) is 0 Å². The van der Waals surface area contributed by atoms with Crippen molar-refractivity contribution in [1.82, 2.24) is 9.80 Å². The molecular formula is C20H26N2O4S. The van der Waals surface area contributed by atoms with Gasteiger partial charge in [-0.05, 0) is 38.3 Å².